The molecule has 2 aromatic rings. The van der Waals surface area contributed by atoms with Crippen LogP contribution < -0.4 is 10.1 Å². The van der Waals surface area contributed by atoms with Crippen molar-refractivity contribution in [3.8, 4) is 5.75 Å². The van der Waals surface area contributed by atoms with Crippen molar-refractivity contribution in [2.75, 3.05) is 0 Å². The molecule has 0 fully saturated rings. The van der Waals surface area contributed by atoms with Crippen LogP contribution in [0.25, 0.3) is 0 Å². The van der Waals surface area contributed by atoms with Crippen LogP contribution >= 0.6 is 0 Å². The molecule has 2 amide bonds. The molecule has 6 heteroatoms. The Morgan fingerprint density at radius 3 is 2.23 bits per heavy atom. The van der Waals surface area contributed by atoms with E-state index in [1.807, 2.05) is 5.32 Å². The summed E-state index contributed by atoms with van der Waals surface area (Å²) in [5.74, 6) is -0.782. The van der Waals surface area contributed by atoms with Gasteiger partial charge in [0.25, 0.3) is 0 Å². The van der Waals surface area contributed by atoms with Crippen LogP contribution in [0.5, 0.6) is 5.75 Å². The number of benzene rings is 2. The second kappa shape index (κ2) is 5.25. The minimum absolute atomic E-state index is 0.0206. The largest absolute Gasteiger partial charge is 0.419 e. The van der Waals surface area contributed by atoms with Crippen LogP contribution in [0, 0.1) is 0 Å². The lowest BCUT2D eigenvalue weighted by atomic mass is 9.84. The van der Waals surface area contributed by atoms with E-state index in [4.69, 9.17) is 4.74 Å². The van der Waals surface area contributed by atoms with Crippen LogP contribution in [-0.2, 0) is 4.79 Å². The van der Waals surface area contributed by atoms with E-state index in [0.717, 1.165) is 0 Å². The molecule has 6 nitrogen and oxygen atoms in total. The molecule has 0 heterocycles. The van der Waals surface area contributed by atoms with Gasteiger partial charge < -0.3 is 4.74 Å². The molecule has 0 aromatic heterocycles. The van der Waals surface area contributed by atoms with Crippen LogP contribution in [0.3, 0.4) is 0 Å². The second-order valence-electron chi connectivity index (χ2n) is 4.53. The van der Waals surface area contributed by atoms with Crippen LogP contribution in [-0.4, -0.2) is 24.1 Å². The summed E-state index contributed by atoms with van der Waals surface area (Å²) in [6.45, 7) is 0. The van der Waals surface area contributed by atoms with E-state index in [-0.39, 0.29) is 34.6 Å². The lowest BCUT2D eigenvalue weighted by molar-refractivity contribution is -0.108. The van der Waals surface area contributed by atoms with Crippen LogP contribution in [0.1, 0.15) is 31.8 Å². The third-order valence-electron chi connectivity index (χ3n) is 3.29. The summed E-state index contributed by atoms with van der Waals surface area (Å²) in [5, 5.41) is 1.81. The summed E-state index contributed by atoms with van der Waals surface area (Å²) >= 11 is 0. The number of rotatable bonds is 2. The van der Waals surface area contributed by atoms with E-state index in [1.54, 1.807) is 24.3 Å². The molecule has 0 bridgehead atoms. The fraction of sp³-hybridized carbons (Fsp3) is 0. The molecule has 0 saturated heterocycles. The summed E-state index contributed by atoms with van der Waals surface area (Å²) in [4.78, 5) is 46.6. The number of carbonyl (C=O) groups is 4. The van der Waals surface area contributed by atoms with Gasteiger partial charge in [0.1, 0.15) is 5.75 Å². The summed E-state index contributed by atoms with van der Waals surface area (Å²) < 4.78 is 4.93. The highest BCUT2D eigenvalue weighted by Gasteiger charge is 2.32. The molecule has 2 aromatic carbocycles. The fourth-order valence-corrected chi connectivity index (χ4v) is 2.38. The average Bonchev–Trinajstić information content (AvgIpc) is 2.53. The van der Waals surface area contributed by atoms with Gasteiger partial charge in [0.2, 0.25) is 6.41 Å². The number of hydrogen-bond donors (Lipinski definition) is 1. The highest BCUT2D eigenvalue weighted by Crippen LogP contribution is 2.33. The second-order valence-corrected chi connectivity index (χ2v) is 4.53. The van der Waals surface area contributed by atoms with Gasteiger partial charge in [-0.25, -0.2) is 4.79 Å². The zero-order valence-electron chi connectivity index (χ0n) is 11.2. The predicted octanol–water partition coefficient (Wildman–Crippen LogP) is 1.71. The first kappa shape index (κ1) is 13.7. The molecule has 0 spiro atoms. The lowest BCUT2D eigenvalue weighted by Crippen LogP contribution is -2.27. The number of amides is 2. The first-order valence-corrected chi connectivity index (χ1v) is 6.37. The van der Waals surface area contributed by atoms with Crippen molar-refractivity contribution in [1.82, 2.24) is 5.32 Å². The van der Waals surface area contributed by atoms with E-state index < -0.39 is 11.9 Å². The number of nitrogens with one attached hydrogen (secondary N) is 1. The Bertz CT molecular complexity index is 825. The molecule has 108 valence electrons. The molecule has 0 radical (unpaired) electrons. The summed E-state index contributed by atoms with van der Waals surface area (Å²) in [5.41, 5.74) is 0.758. The Morgan fingerprint density at radius 2 is 1.55 bits per heavy atom. The Morgan fingerprint density at radius 1 is 0.909 bits per heavy atom. The summed E-state index contributed by atoms with van der Waals surface area (Å²) in [6.07, 6.45) is -0.859. The standard InChI is InChI=1S/C16H9NO5/c18-8-17-16(21)22-12-7-3-6-11-13(12)15(20)10-5-2-1-4-9(10)14(11)19/h1-8H,(H,17,18,21). The van der Waals surface area contributed by atoms with E-state index >= 15 is 0 Å². The molecule has 1 N–H and O–H groups in total. The van der Waals surface area contributed by atoms with Crippen molar-refractivity contribution in [3.63, 3.8) is 0 Å². The Balaban J connectivity index is 2.13. The highest BCUT2D eigenvalue weighted by atomic mass is 16.6. The van der Waals surface area contributed by atoms with Crippen LogP contribution in [0.15, 0.2) is 42.5 Å². The van der Waals surface area contributed by atoms with Gasteiger partial charge in [-0.1, -0.05) is 36.4 Å². The molecule has 1 aliphatic carbocycles. The van der Waals surface area contributed by atoms with Gasteiger partial charge in [-0.15, -0.1) is 0 Å². The molecule has 0 saturated carbocycles. The maximum Gasteiger partial charge on any atom is 0.419 e. The lowest BCUT2D eigenvalue weighted by Gasteiger charge is -2.19. The van der Waals surface area contributed by atoms with Crippen LogP contribution in [0.4, 0.5) is 4.79 Å². The monoisotopic (exact) mass is 295 g/mol. The molecule has 0 atom stereocenters. The van der Waals surface area contributed by atoms with Crippen molar-refractivity contribution in [3.05, 3.63) is 64.7 Å². The van der Waals surface area contributed by atoms with Crippen molar-refractivity contribution < 1.29 is 23.9 Å². The van der Waals surface area contributed by atoms with Crippen molar-refractivity contribution in [1.29, 1.82) is 0 Å². The molecular weight excluding hydrogens is 286 g/mol. The summed E-state index contributed by atoms with van der Waals surface area (Å²) in [6, 6.07) is 10.8. The number of fused-ring (bicyclic) bond motifs is 2. The molecule has 0 unspecified atom stereocenters. The third-order valence-corrected chi connectivity index (χ3v) is 3.29. The van der Waals surface area contributed by atoms with Gasteiger partial charge in [-0.3, -0.25) is 19.7 Å². The fourth-order valence-electron chi connectivity index (χ4n) is 2.38. The topological polar surface area (TPSA) is 89.5 Å². The quantitative estimate of drug-likeness (QED) is 0.727. The SMILES string of the molecule is O=CNC(=O)Oc1cccc2c1C(=O)c1ccccc1C2=O. The zero-order valence-corrected chi connectivity index (χ0v) is 11.2. The molecular formula is C16H9NO5. The van der Waals surface area contributed by atoms with Gasteiger partial charge in [0.05, 0.1) is 5.56 Å². The maximum atomic E-state index is 12.6. The van der Waals surface area contributed by atoms with Gasteiger partial charge >= 0.3 is 6.09 Å². The van der Waals surface area contributed by atoms with E-state index in [2.05, 4.69) is 0 Å². The van der Waals surface area contributed by atoms with Gasteiger partial charge in [-0.2, -0.15) is 0 Å². The van der Waals surface area contributed by atoms with Crippen LogP contribution in [0.2, 0.25) is 0 Å². The van der Waals surface area contributed by atoms with Crippen molar-refractivity contribution >= 4 is 24.1 Å². The first-order valence-electron chi connectivity index (χ1n) is 6.37. The molecule has 22 heavy (non-hydrogen) atoms. The van der Waals surface area contributed by atoms with E-state index in [0.29, 0.717) is 5.56 Å². The van der Waals surface area contributed by atoms with Gasteiger partial charge in [-0.05, 0) is 6.07 Å². The third kappa shape index (κ3) is 2.07. The molecule has 1 aliphatic rings. The molecule has 3 rings (SSSR count). The normalized spacial score (nSPS) is 12.2. The zero-order chi connectivity index (χ0) is 15.7. The number of ketones is 2. The minimum Gasteiger partial charge on any atom is -0.409 e. The highest BCUT2D eigenvalue weighted by molar-refractivity contribution is 6.29. The number of imide groups is 1. The number of ether oxygens (including phenoxy) is 1. The summed E-state index contributed by atoms with van der Waals surface area (Å²) in [7, 11) is 0. The number of hydrogen-bond acceptors (Lipinski definition) is 5. The Hall–Kier alpha value is -3.28. The maximum absolute atomic E-state index is 12.6. The minimum atomic E-state index is -1.03. The smallest absolute Gasteiger partial charge is 0.409 e. The van der Waals surface area contributed by atoms with Gasteiger partial charge in [0, 0.05) is 16.7 Å². The van der Waals surface area contributed by atoms with Crippen molar-refractivity contribution in [2.24, 2.45) is 0 Å². The van der Waals surface area contributed by atoms with Gasteiger partial charge in [0.15, 0.2) is 11.6 Å². The van der Waals surface area contributed by atoms with E-state index in [1.165, 1.54) is 18.2 Å². The van der Waals surface area contributed by atoms with Crippen molar-refractivity contribution in [2.45, 2.75) is 0 Å². The number of carbonyl (C=O) groups excluding carboxylic acids is 4. The Labute approximate surface area is 124 Å². The van der Waals surface area contributed by atoms with E-state index in [9.17, 15) is 19.2 Å². The predicted molar refractivity (Wildman–Crippen MR) is 75.0 cm³/mol. The molecule has 0 aliphatic heterocycles. The first-order chi connectivity index (χ1) is 10.6. The average molecular weight is 295 g/mol. The Kier molecular flexibility index (Phi) is 3.27.